The summed E-state index contributed by atoms with van der Waals surface area (Å²) < 4.78 is 0. The number of nitrogens with two attached hydrogens (primary N) is 1. The molecule has 0 amide bonds. The number of halogens is 2. The molecule has 0 atom stereocenters. The van der Waals surface area contributed by atoms with Gasteiger partial charge in [0.05, 0.1) is 5.69 Å². The van der Waals surface area contributed by atoms with Gasteiger partial charge in [0.25, 0.3) is 0 Å². The average Bonchev–Trinajstić information content (AvgIpc) is 2.26. The van der Waals surface area contributed by atoms with Gasteiger partial charge in [0, 0.05) is 12.1 Å². The zero-order valence-corrected chi connectivity index (χ0v) is 11.4. The van der Waals surface area contributed by atoms with E-state index in [1.54, 1.807) is 0 Å². The molecule has 0 aliphatic heterocycles. The molecule has 3 N–H and O–H groups in total. The second-order valence-electron chi connectivity index (χ2n) is 4.68. The third kappa shape index (κ3) is 3.24. The van der Waals surface area contributed by atoms with Crippen LogP contribution in [0, 0.1) is 6.92 Å². The van der Waals surface area contributed by atoms with E-state index in [4.69, 9.17) is 28.9 Å². The van der Waals surface area contributed by atoms with E-state index in [2.05, 4.69) is 10.3 Å². The van der Waals surface area contributed by atoms with Gasteiger partial charge in [-0.25, -0.2) is 4.98 Å². The maximum absolute atomic E-state index is 6.10. The molecular weight excluding hydrogens is 257 g/mol. The lowest BCUT2D eigenvalue weighted by Crippen LogP contribution is -2.33. The van der Waals surface area contributed by atoms with Crippen molar-refractivity contribution in [3.05, 3.63) is 21.9 Å². The highest BCUT2D eigenvalue weighted by Gasteiger charge is 2.20. The molecule has 3 nitrogen and oxygen atoms in total. The summed E-state index contributed by atoms with van der Waals surface area (Å²) in [5.41, 5.74) is 7.82. The maximum atomic E-state index is 6.10. The summed E-state index contributed by atoms with van der Waals surface area (Å²) in [5, 5.41) is 4.34. The maximum Gasteiger partial charge on any atom is 0.154 e. The Morgan fingerprint density at radius 1 is 1.29 bits per heavy atom. The van der Waals surface area contributed by atoms with Gasteiger partial charge in [0.2, 0.25) is 0 Å². The van der Waals surface area contributed by atoms with E-state index in [9.17, 15) is 0 Å². The standard InChI is InChI=1S/C12H17Cl2N3/c1-7-6-10(13)17-12(14)11(7)16-9-4-2-8(15)3-5-9/h6,8-9,16H,2-5,15H2,1H3. The number of aryl methyl sites for hydroxylation is 1. The lowest BCUT2D eigenvalue weighted by Gasteiger charge is -2.28. The first-order valence-electron chi connectivity index (χ1n) is 5.91. The Balaban J connectivity index is 2.08. The number of hydrogen-bond acceptors (Lipinski definition) is 3. The van der Waals surface area contributed by atoms with E-state index in [1.807, 2.05) is 13.0 Å². The molecule has 0 saturated heterocycles. The van der Waals surface area contributed by atoms with Gasteiger partial charge < -0.3 is 11.1 Å². The predicted octanol–water partition coefficient (Wildman–Crippen LogP) is 3.38. The van der Waals surface area contributed by atoms with Gasteiger partial charge in [-0.2, -0.15) is 0 Å². The van der Waals surface area contributed by atoms with Crippen LogP contribution in [0.1, 0.15) is 31.2 Å². The van der Waals surface area contributed by atoms with Crippen LogP contribution in [0.4, 0.5) is 5.69 Å². The molecule has 1 aromatic heterocycles. The molecule has 1 aromatic rings. The molecule has 2 rings (SSSR count). The fourth-order valence-corrected chi connectivity index (χ4v) is 2.82. The molecule has 0 spiro atoms. The molecule has 0 radical (unpaired) electrons. The fourth-order valence-electron chi connectivity index (χ4n) is 2.24. The summed E-state index contributed by atoms with van der Waals surface area (Å²) in [4.78, 5) is 4.06. The fraction of sp³-hybridized carbons (Fsp3) is 0.583. The topological polar surface area (TPSA) is 50.9 Å². The summed E-state index contributed by atoms with van der Waals surface area (Å²) >= 11 is 11.9. The number of anilines is 1. The highest BCUT2D eigenvalue weighted by atomic mass is 35.5. The van der Waals surface area contributed by atoms with E-state index in [-0.39, 0.29) is 0 Å². The molecule has 1 heterocycles. The van der Waals surface area contributed by atoms with E-state index >= 15 is 0 Å². The zero-order valence-electron chi connectivity index (χ0n) is 9.84. The molecule has 17 heavy (non-hydrogen) atoms. The first-order valence-corrected chi connectivity index (χ1v) is 6.66. The van der Waals surface area contributed by atoms with Crippen molar-refractivity contribution in [2.75, 3.05) is 5.32 Å². The van der Waals surface area contributed by atoms with Gasteiger partial charge in [0.1, 0.15) is 5.15 Å². The van der Waals surface area contributed by atoms with Crippen LogP contribution in [-0.4, -0.2) is 17.1 Å². The normalized spacial score (nSPS) is 24.7. The Hall–Kier alpha value is -0.510. The smallest absolute Gasteiger partial charge is 0.154 e. The highest BCUT2D eigenvalue weighted by Crippen LogP contribution is 2.29. The Labute approximate surface area is 112 Å². The molecule has 0 unspecified atom stereocenters. The van der Waals surface area contributed by atoms with Crippen molar-refractivity contribution in [1.82, 2.24) is 4.98 Å². The molecule has 1 saturated carbocycles. The lowest BCUT2D eigenvalue weighted by atomic mass is 9.91. The molecule has 1 fully saturated rings. The SMILES string of the molecule is Cc1cc(Cl)nc(Cl)c1NC1CCC(N)CC1. The van der Waals surface area contributed by atoms with Gasteiger partial charge in [-0.3, -0.25) is 0 Å². The van der Waals surface area contributed by atoms with Crippen LogP contribution in [-0.2, 0) is 0 Å². The Morgan fingerprint density at radius 2 is 1.94 bits per heavy atom. The Morgan fingerprint density at radius 3 is 2.53 bits per heavy atom. The van der Waals surface area contributed by atoms with E-state index in [0.29, 0.717) is 22.4 Å². The molecule has 1 aliphatic carbocycles. The molecule has 0 bridgehead atoms. The summed E-state index contributed by atoms with van der Waals surface area (Å²) in [5.74, 6) is 0. The van der Waals surface area contributed by atoms with Crippen LogP contribution in [0.2, 0.25) is 10.3 Å². The summed E-state index contributed by atoms with van der Waals surface area (Å²) in [6.45, 7) is 1.98. The number of nitrogens with one attached hydrogen (secondary N) is 1. The largest absolute Gasteiger partial charge is 0.380 e. The van der Waals surface area contributed by atoms with Crippen LogP contribution < -0.4 is 11.1 Å². The molecular formula is C12H17Cl2N3. The molecule has 0 aromatic carbocycles. The monoisotopic (exact) mass is 273 g/mol. The summed E-state index contributed by atoms with van der Waals surface area (Å²) in [6.07, 6.45) is 4.30. The minimum atomic E-state index is 0.355. The number of pyridine rings is 1. The van der Waals surface area contributed by atoms with Gasteiger partial charge in [-0.15, -0.1) is 0 Å². The second-order valence-corrected chi connectivity index (χ2v) is 5.43. The average molecular weight is 274 g/mol. The lowest BCUT2D eigenvalue weighted by molar-refractivity contribution is 0.411. The zero-order chi connectivity index (χ0) is 12.4. The predicted molar refractivity (Wildman–Crippen MR) is 72.8 cm³/mol. The molecule has 94 valence electrons. The van der Waals surface area contributed by atoms with Crippen molar-refractivity contribution >= 4 is 28.9 Å². The van der Waals surface area contributed by atoms with Crippen LogP contribution in [0.25, 0.3) is 0 Å². The first kappa shape index (κ1) is 12.9. The number of aromatic nitrogens is 1. The van der Waals surface area contributed by atoms with E-state index in [0.717, 1.165) is 36.9 Å². The van der Waals surface area contributed by atoms with Crippen molar-refractivity contribution in [3.8, 4) is 0 Å². The quantitative estimate of drug-likeness (QED) is 0.813. The molecule has 5 heteroatoms. The van der Waals surface area contributed by atoms with Gasteiger partial charge in [0.15, 0.2) is 5.15 Å². The third-order valence-electron chi connectivity index (χ3n) is 3.26. The van der Waals surface area contributed by atoms with Crippen molar-refractivity contribution in [3.63, 3.8) is 0 Å². The van der Waals surface area contributed by atoms with Gasteiger partial charge in [-0.1, -0.05) is 23.2 Å². The summed E-state index contributed by atoms with van der Waals surface area (Å²) in [7, 11) is 0. The van der Waals surface area contributed by atoms with Crippen molar-refractivity contribution in [2.24, 2.45) is 5.73 Å². The van der Waals surface area contributed by atoms with Gasteiger partial charge in [-0.05, 0) is 44.2 Å². The van der Waals surface area contributed by atoms with Crippen molar-refractivity contribution in [2.45, 2.75) is 44.7 Å². The second kappa shape index (κ2) is 5.42. The molecule has 1 aliphatic rings. The third-order valence-corrected chi connectivity index (χ3v) is 3.73. The minimum absolute atomic E-state index is 0.355. The van der Waals surface area contributed by atoms with E-state index in [1.165, 1.54) is 0 Å². The summed E-state index contributed by atoms with van der Waals surface area (Å²) in [6, 6.07) is 2.62. The van der Waals surface area contributed by atoms with Crippen molar-refractivity contribution < 1.29 is 0 Å². The minimum Gasteiger partial charge on any atom is -0.380 e. The van der Waals surface area contributed by atoms with Crippen molar-refractivity contribution in [1.29, 1.82) is 0 Å². The van der Waals surface area contributed by atoms with Crippen LogP contribution in [0.15, 0.2) is 6.07 Å². The highest BCUT2D eigenvalue weighted by molar-refractivity contribution is 6.34. The Bertz CT molecular complexity index is 378. The first-order chi connectivity index (χ1) is 8.06. The Kier molecular flexibility index (Phi) is 4.13. The number of nitrogens with zero attached hydrogens (tertiary/aromatic N) is 1. The van der Waals surface area contributed by atoms with Crippen LogP contribution >= 0.6 is 23.2 Å². The van der Waals surface area contributed by atoms with Crippen LogP contribution in [0.3, 0.4) is 0 Å². The van der Waals surface area contributed by atoms with E-state index < -0.39 is 0 Å². The van der Waals surface area contributed by atoms with Gasteiger partial charge >= 0.3 is 0 Å². The number of hydrogen-bond donors (Lipinski definition) is 2. The van der Waals surface area contributed by atoms with Crippen LogP contribution in [0.5, 0.6) is 0 Å². The number of rotatable bonds is 2.